The molecule has 2 saturated heterocycles. The van der Waals surface area contributed by atoms with Crippen molar-refractivity contribution in [1.29, 1.82) is 0 Å². The van der Waals surface area contributed by atoms with Gasteiger partial charge in [-0.3, -0.25) is 19.2 Å². The number of rotatable bonds is 17. The monoisotopic (exact) mass is 1900 g/mol. The maximum absolute atomic E-state index is 13.6. The number of fused-ring (bicyclic) bond motifs is 2. The number of hydrogen-bond donors (Lipinski definition) is 0. The second-order valence-corrected chi connectivity index (χ2v) is 38.2. The zero-order valence-corrected chi connectivity index (χ0v) is 72.7. The summed E-state index contributed by atoms with van der Waals surface area (Å²) in [5.41, 5.74) is 0.210. The van der Waals surface area contributed by atoms with Crippen LogP contribution in [-0.4, -0.2) is 102 Å². The molecule has 12 saturated carbocycles. The number of carbonyl (C=O) groups excluding carboxylic acids is 6. The lowest BCUT2D eigenvalue weighted by Gasteiger charge is -2.60. The number of aromatic nitrogens is 1. The molecule has 12 aliphatic carbocycles. The van der Waals surface area contributed by atoms with Gasteiger partial charge in [-0.25, -0.2) is 40.9 Å². The number of benzene rings is 6. The smallest absolute Gasteiger partial charge is 0.377 e. The molecule has 0 spiro atoms. The number of aromatic amines is 1. The van der Waals surface area contributed by atoms with Crippen LogP contribution in [0.1, 0.15) is 125 Å². The number of halogens is 12. The van der Waals surface area contributed by atoms with Crippen LogP contribution in [0.15, 0.2) is 199 Å². The molecule has 7 aromatic rings. The van der Waals surface area contributed by atoms with E-state index in [1.165, 1.54) is 91.3 Å². The van der Waals surface area contributed by atoms with Crippen molar-refractivity contribution in [2.45, 2.75) is 202 Å². The quantitative estimate of drug-likeness (QED) is 0.0210. The number of nitrogens with one attached hydrogen (secondary N) is 1. The second-order valence-electron chi connectivity index (χ2n) is 34.1. The first-order chi connectivity index (χ1) is 56.8. The Bertz CT molecular complexity index is 4220. The van der Waals surface area contributed by atoms with Gasteiger partial charge in [-0.05, 0) is 288 Å². The normalized spacial score (nSPS) is 31.1. The van der Waals surface area contributed by atoms with Gasteiger partial charge in [0.05, 0.1) is 45.5 Å². The van der Waals surface area contributed by atoms with E-state index in [-0.39, 0.29) is 71.1 Å². The highest BCUT2D eigenvalue weighted by Crippen LogP contribution is 2.66. The third-order valence-electron chi connectivity index (χ3n) is 27.1. The zero-order chi connectivity index (χ0) is 84.9. The van der Waals surface area contributed by atoms with Gasteiger partial charge in [-0.2, -0.15) is 17.6 Å². The van der Waals surface area contributed by atoms with E-state index < -0.39 is 141 Å². The molecule has 2 aliphatic heterocycles. The summed E-state index contributed by atoms with van der Waals surface area (Å²) in [7, 11) is 2.97. The highest BCUT2D eigenvalue weighted by molar-refractivity contribution is 14.1. The van der Waals surface area contributed by atoms with E-state index >= 15 is 0 Å². The molecule has 0 amide bonds. The van der Waals surface area contributed by atoms with Gasteiger partial charge < -0.3 is 50.3 Å². The van der Waals surface area contributed by atoms with E-state index in [2.05, 4.69) is 46.3 Å². The molecule has 650 valence electrons. The molecule has 1 N–H and O–H groups in total. The molecule has 12 atom stereocenters. The minimum atomic E-state index is -3.65. The topological polar surface area (TPSA) is 175 Å². The Labute approximate surface area is 729 Å². The van der Waals surface area contributed by atoms with Crippen molar-refractivity contribution in [2.24, 2.45) is 94.7 Å². The van der Waals surface area contributed by atoms with Gasteiger partial charge in [-0.1, -0.05) is 43.9 Å². The summed E-state index contributed by atoms with van der Waals surface area (Å²) in [6.45, 7) is 5.11. The van der Waals surface area contributed by atoms with Crippen molar-refractivity contribution >= 4 is 85.9 Å². The first kappa shape index (κ1) is 92.5. The van der Waals surface area contributed by atoms with Crippen LogP contribution in [0.4, 0.5) is 49.6 Å². The largest absolute Gasteiger partial charge is 1.00 e. The third-order valence-corrected chi connectivity index (χ3v) is 31.5. The summed E-state index contributed by atoms with van der Waals surface area (Å²) in [5.74, 6) is -14.5. The molecular weight excluding hydrogens is 1800 g/mol. The van der Waals surface area contributed by atoms with Gasteiger partial charge in [0.25, 0.3) is 0 Å². The average molecular weight is 1900 g/mol. The van der Waals surface area contributed by atoms with Crippen LogP contribution >= 0.6 is 22.6 Å². The maximum atomic E-state index is 13.6. The Balaban J connectivity index is 0.000000143. The summed E-state index contributed by atoms with van der Waals surface area (Å²) < 4.78 is 167. The Hall–Kier alpha value is -7.70. The maximum Gasteiger partial charge on any atom is 0.377 e. The van der Waals surface area contributed by atoms with Crippen molar-refractivity contribution in [3.8, 4) is 0 Å². The third kappa shape index (κ3) is 19.0. The van der Waals surface area contributed by atoms with Crippen LogP contribution in [-0.2, 0) is 79.0 Å². The Morgan fingerprint density at radius 2 is 0.678 bits per heavy atom. The molecule has 28 heteroatoms. The lowest BCUT2D eigenvalue weighted by atomic mass is 9.49. The molecule has 0 radical (unpaired) electrons. The zero-order valence-electron chi connectivity index (χ0n) is 67.3. The fourth-order valence-corrected chi connectivity index (χ4v) is 26.5. The molecule has 14 nitrogen and oxygen atoms in total. The van der Waals surface area contributed by atoms with Crippen LogP contribution in [0.5, 0.6) is 0 Å². The number of ether oxygens (including phenoxy) is 6. The van der Waals surface area contributed by atoms with E-state index in [0.29, 0.717) is 50.4 Å². The van der Waals surface area contributed by atoms with Crippen LogP contribution in [0.25, 0.3) is 0 Å². The number of nitrogens with zero attached hydrogens (tertiary/aromatic N) is 1. The molecule has 12 bridgehead atoms. The molecule has 121 heavy (non-hydrogen) atoms. The summed E-state index contributed by atoms with van der Waals surface area (Å²) >= 11 is 2.15. The molecule has 14 fully saturated rings. The molecule has 6 aromatic carbocycles. The van der Waals surface area contributed by atoms with Crippen LogP contribution < -0.4 is 26.9 Å². The van der Waals surface area contributed by atoms with Crippen molar-refractivity contribution in [1.82, 2.24) is 0 Å². The fourth-order valence-electron chi connectivity index (χ4n) is 22.4. The average Bonchev–Trinajstić information content (AvgIpc) is 1.57. The van der Waals surface area contributed by atoms with E-state index in [1.807, 2.05) is 43.6 Å². The minimum Gasteiger partial charge on any atom is -1.00 e. The molecular formula is C93H102BrF10IN2O12S2+2. The first-order valence-electron chi connectivity index (χ1n) is 40.9. The van der Waals surface area contributed by atoms with Gasteiger partial charge in [0.15, 0.2) is 41.8 Å². The van der Waals surface area contributed by atoms with E-state index in [1.54, 1.807) is 72.8 Å². The highest BCUT2D eigenvalue weighted by Gasteiger charge is 2.73. The van der Waals surface area contributed by atoms with Crippen LogP contribution in [0, 0.1) is 130 Å². The van der Waals surface area contributed by atoms with Gasteiger partial charge in [0.2, 0.25) is 0 Å². The highest BCUT2D eigenvalue weighted by atomic mass is 127. The second kappa shape index (κ2) is 38.0. The Kier molecular flexibility index (Phi) is 29.1. The first-order valence-corrected chi connectivity index (χ1v) is 45.5. The standard InChI is InChI=1S/2C24H30F2O6.2C18H12F3S.C7H10N2.CH3I.CH4.BrH/c2*1-3-24(12-5-10-4-11(7-12)8-13(24)6-10)32-21(28)17-15-9-14-16(17)20(27)30-18(14)19(15)31-22(29)23(2,25)26;2*19-13-1-7-16(8-2-13)22(17-9-3-14(20)4-10-17)18-11-5-15(21)6-12-18;1-9(2)7-3-5-8-6-4-7;1-2;;/h2*10-19H,3-9H2,1-2H3;2*1-12H;3-6H,1-2H3;1H3;1H4;1H/q;;2*+1;;;;. The summed E-state index contributed by atoms with van der Waals surface area (Å²) in [6, 6.07) is 41.1. The van der Waals surface area contributed by atoms with E-state index in [4.69, 9.17) is 28.4 Å². The van der Waals surface area contributed by atoms with Gasteiger partial charge >= 0.3 is 47.7 Å². The lowest BCUT2D eigenvalue weighted by molar-refractivity contribution is -0.377. The molecule has 12 unspecified atom stereocenters. The number of alkyl halides is 5. The SMILES string of the molecule is C.CCC1(OC(=O)C2C3CC4C(OC(=O)C42)C3OC(=O)C(C)(F)F)C2CC3CC(C2)CC1C3.CCC1(OC(=O)C2C3CC4C(OC(=O)C42)C3OC(=O)C(C)(F)F)C2CC3CC(C2)CC1C3.CI.CN(C)c1cc[nH+]cc1.Fc1ccc([S+](c2ccc(F)cc2)c2ccc(F)cc2)cc1.Fc1ccc([S+](c2ccc(F)cc2)c2ccc(F)cc2)cc1.[Br-]. The van der Waals surface area contributed by atoms with Crippen LogP contribution in [0.3, 0.4) is 0 Å². The number of anilines is 1. The Morgan fingerprint density at radius 1 is 0.430 bits per heavy atom. The molecule has 1 aromatic heterocycles. The van der Waals surface area contributed by atoms with Crippen LogP contribution in [0.2, 0.25) is 0 Å². The van der Waals surface area contributed by atoms with Crippen molar-refractivity contribution in [3.63, 3.8) is 0 Å². The number of carbonyl (C=O) groups is 6. The van der Waals surface area contributed by atoms with Crippen molar-refractivity contribution in [2.75, 3.05) is 23.9 Å². The number of H-pyrrole nitrogens is 1. The Morgan fingerprint density at radius 3 is 0.893 bits per heavy atom. The molecule has 21 rings (SSSR count). The number of hydrogen-bond acceptors (Lipinski definition) is 13. The minimum absolute atomic E-state index is 0. The lowest BCUT2D eigenvalue weighted by Crippen LogP contribution is -3.00. The van der Waals surface area contributed by atoms with Gasteiger partial charge in [0.1, 0.15) is 70.5 Å². The molecule has 3 heterocycles. The molecule has 14 aliphatic rings. The summed E-state index contributed by atoms with van der Waals surface area (Å²) in [4.78, 5) is 88.6. The van der Waals surface area contributed by atoms with Gasteiger partial charge in [-0.15, -0.1) is 0 Å². The van der Waals surface area contributed by atoms with Gasteiger partial charge in [0, 0.05) is 69.4 Å². The number of esters is 6. The van der Waals surface area contributed by atoms with E-state index in [9.17, 15) is 72.7 Å². The van der Waals surface area contributed by atoms with Crippen molar-refractivity contribution < 1.29 is 123 Å². The predicted molar refractivity (Wildman–Crippen MR) is 437 cm³/mol. The predicted octanol–water partition coefficient (Wildman–Crippen LogP) is 16.7. The van der Waals surface area contributed by atoms with Crippen molar-refractivity contribution in [3.05, 3.63) is 205 Å². The van der Waals surface area contributed by atoms with E-state index in [0.717, 1.165) is 117 Å². The fraction of sp³-hybridized carbons (Fsp3) is 0.495. The summed E-state index contributed by atoms with van der Waals surface area (Å²) in [6.07, 6.45) is 14.0. The number of pyridine rings is 1. The summed E-state index contributed by atoms with van der Waals surface area (Å²) in [5, 5.41) is 0.